The number of carboxylic acid groups (broad SMARTS) is 1. The summed E-state index contributed by atoms with van der Waals surface area (Å²) < 4.78 is 11.1. The van der Waals surface area contributed by atoms with Gasteiger partial charge in [-0.2, -0.15) is 0 Å². The van der Waals surface area contributed by atoms with E-state index >= 15 is 0 Å². The largest absolute Gasteiger partial charge is 0.486 e. The topological polar surface area (TPSA) is 84.9 Å². The number of rotatable bonds is 5. The first-order valence-electron chi connectivity index (χ1n) is 8.38. The molecule has 1 heterocycles. The third-order valence-corrected chi connectivity index (χ3v) is 4.40. The number of carbonyl (C=O) groups excluding carboxylic acids is 1. The molecular formula is C20H21NO5. The normalized spacial score (nSPS) is 13.2. The fourth-order valence-corrected chi connectivity index (χ4v) is 2.73. The molecular weight excluding hydrogens is 334 g/mol. The fourth-order valence-electron chi connectivity index (χ4n) is 2.73. The van der Waals surface area contributed by atoms with Crippen molar-refractivity contribution in [3.05, 3.63) is 53.6 Å². The van der Waals surface area contributed by atoms with Crippen LogP contribution in [-0.4, -0.2) is 30.2 Å². The number of ether oxygens (including phenoxy) is 2. The second kappa shape index (κ2) is 7.07. The molecule has 1 aliphatic rings. The zero-order valence-electron chi connectivity index (χ0n) is 14.7. The third kappa shape index (κ3) is 3.79. The molecule has 2 N–H and O–H groups in total. The SMILES string of the molecule is CC(C)(C(=O)Nc1ccc(CC(=O)O)cc1)c1ccc2c(c1)OCCO2. The molecule has 0 atom stereocenters. The van der Waals surface area contributed by atoms with E-state index < -0.39 is 11.4 Å². The maximum atomic E-state index is 12.8. The number of carbonyl (C=O) groups is 2. The molecule has 3 rings (SSSR count). The minimum Gasteiger partial charge on any atom is -0.486 e. The molecule has 0 fully saturated rings. The molecule has 136 valence electrons. The highest BCUT2D eigenvalue weighted by atomic mass is 16.6. The van der Waals surface area contributed by atoms with Gasteiger partial charge in [0.05, 0.1) is 11.8 Å². The van der Waals surface area contributed by atoms with Crippen LogP contribution < -0.4 is 14.8 Å². The maximum Gasteiger partial charge on any atom is 0.307 e. The summed E-state index contributed by atoms with van der Waals surface area (Å²) in [7, 11) is 0. The summed E-state index contributed by atoms with van der Waals surface area (Å²) in [6.45, 7) is 4.69. The molecule has 0 saturated carbocycles. The average Bonchev–Trinajstić information content (AvgIpc) is 2.62. The minimum absolute atomic E-state index is 0.0447. The number of carboxylic acids is 1. The van der Waals surface area contributed by atoms with Gasteiger partial charge in [0.25, 0.3) is 0 Å². The molecule has 0 spiro atoms. The van der Waals surface area contributed by atoms with Crippen molar-refractivity contribution in [2.45, 2.75) is 25.7 Å². The summed E-state index contributed by atoms with van der Waals surface area (Å²) in [4.78, 5) is 23.5. The number of amides is 1. The van der Waals surface area contributed by atoms with Crippen LogP contribution in [0.1, 0.15) is 25.0 Å². The second-order valence-electron chi connectivity index (χ2n) is 6.71. The predicted molar refractivity (Wildman–Crippen MR) is 96.9 cm³/mol. The molecule has 1 aliphatic heterocycles. The zero-order valence-corrected chi connectivity index (χ0v) is 14.7. The van der Waals surface area contributed by atoms with Gasteiger partial charge < -0.3 is 19.9 Å². The molecule has 1 amide bonds. The summed E-state index contributed by atoms with van der Waals surface area (Å²) in [6, 6.07) is 12.3. The van der Waals surface area contributed by atoms with Crippen LogP contribution in [0.25, 0.3) is 0 Å². The number of benzene rings is 2. The van der Waals surface area contributed by atoms with E-state index in [9.17, 15) is 9.59 Å². The van der Waals surface area contributed by atoms with Crippen LogP contribution in [0, 0.1) is 0 Å². The lowest BCUT2D eigenvalue weighted by Crippen LogP contribution is -2.34. The van der Waals surface area contributed by atoms with E-state index in [0.29, 0.717) is 36.0 Å². The van der Waals surface area contributed by atoms with E-state index in [2.05, 4.69) is 5.32 Å². The lowest BCUT2D eigenvalue weighted by atomic mass is 9.83. The van der Waals surface area contributed by atoms with E-state index in [-0.39, 0.29) is 12.3 Å². The summed E-state index contributed by atoms with van der Waals surface area (Å²) in [5, 5.41) is 11.7. The summed E-state index contributed by atoms with van der Waals surface area (Å²) in [5.74, 6) is 0.277. The van der Waals surface area contributed by atoms with Crippen molar-refractivity contribution >= 4 is 17.6 Å². The lowest BCUT2D eigenvalue weighted by Gasteiger charge is -2.26. The van der Waals surface area contributed by atoms with Gasteiger partial charge in [-0.1, -0.05) is 18.2 Å². The van der Waals surface area contributed by atoms with Crippen LogP contribution >= 0.6 is 0 Å². The molecule has 2 aromatic rings. The quantitative estimate of drug-likeness (QED) is 0.861. The van der Waals surface area contributed by atoms with Gasteiger partial charge >= 0.3 is 5.97 Å². The Bertz CT molecular complexity index is 827. The number of aliphatic carboxylic acids is 1. The van der Waals surface area contributed by atoms with Crippen LogP contribution in [-0.2, 0) is 21.4 Å². The maximum absolute atomic E-state index is 12.8. The van der Waals surface area contributed by atoms with Crippen LogP contribution in [0.15, 0.2) is 42.5 Å². The third-order valence-electron chi connectivity index (χ3n) is 4.40. The highest BCUT2D eigenvalue weighted by Gasteiger charge is 2.31. The smallest absolute Gasteiger partial charge is 0.307 e. The Morgan fingerprint density at radius 2 is 1.69 bits per heavy atom. The van der Waals surface area contributed by atoms with Gasteiger partial charge in [0, 0.05) is 5.69 Å². The fraction of sp³-hybridized carbons (Fsp3) is 0.300. The number of hydrogen-bond acceptors (Lipinski definition) is 4. The van der Waals surface area contributed by atoms with Crippen molar-refractivity contribution < 1.29 is 24.2 Å². The van der Waals surface area contributed by atoms with Crippen molar-refractivity contribution in [2.24, 2.45) is 0 Å². The van der Waals surface area contributed by atoms with Crippen molar-refractivity contribution in [1.29, 1.82) is 0 Å². The Morgan fingerprint density at radius 1 is 1.04 bits per heavy atom. The first kappa shape index (κ1) is 17.8. The van der Waals surface area contributed by atoms with Crippen molar-refractivity contribution in [2.75, 3.05) is 18.5 Å². The molecule has 6 heteroatoms. The van der Waals surface area contributed by atoms with E-state index in [1.54, 1.807) is 24.3 Å². The number of fused-ring (bicyclic) bond motifs is 1. The van der Waals surface area contributed by atoms with Crippen molar-refractivity contribution in [1.82, 2.24) is 0 Å². The summed E-state index contributed by atoms with van der Waals surface area (Å²) in [5.41, 5.74) is 1.34. The molecule has 26 heavy (non-hydrogen) atoms. The Kier molecular flexibility index (Phi) is 4.84. The average molecular weight is 355 g/mol. The highest BCUT2D eigenvalue weighted by Crippen LogP contribution is 2.35. The van der Waals surface area contributed by atoms with Gasteiger partial charge in [-0.3, -0.25) is 9.59 Å². The lowest BCUT2D eigenvalue weighted by molar-refractivity contribution is -0.136. The molecule has 2 aromatic carbocycles. The summed E-state index contributed by atoms with van der Waals surface area (Å²) in [6.07, 6.45) is -0.0447. The highest BCUT2D eigenvalue weighted by molar-refractivity contribution is 5.98. The van der Waals surface area contributed by atoms with Crippen LogP contribution in [0.2, 0.25) is 0 Å². The van der Waals surface area contributed by atoms with E-state index in [1.807, 2.05) is 32.0 Å². The molecule has 0 saturated heterocycles. The minimum atomic E-state index is -0.887. The van der Waals surface area contributed by atoms with Crippen LogP contribution in [0.3, 0.4) is 0 Å². The van der Waals surface area contributed by atoms with Gasteiger partial charge in [-0.25, -0.2) is 0 Å². The molecule has 6 nitrogen and oxygen atoms in total. The molecule has 0 bridgehead atoms. The van der Waals surface area contributed by atoms with Crippen molar-refractivity contribution in [3.8, 4) is 11.5 Å². The van der Waals surface area contributed by atoms with E-state index in [4.69, 9.17) is 14.6 Å². The van der Waals surface area contributed by atoms with Crippen molar-refractivity contribution in [3.63, 3.8) is 0 Å². The van der Waals surface area contributed by atoms with E-state index in [1.165, 1.54) is 0 Å². The Balaban J connectivity index is 1.74. The first-order valence-corrected chi connectivity index (χ1v) is 8.38. The Morgan fingerprint density at radius 3 is 2.35 bits per heavy atom. The number of nitrogens with one attached hydrogen (secondary N) is 1. The van der Waals surface area contributed by atoms with Gasteiger partial charge in [-0.05, 0) is 49.2 Å². The van der Waals surface area contributed by atoms with Crippen LogP contribution in [0.5, 0.6) is 11.5 Å². The monoisotopic (exact) mass is 355 g/mol. The standard InChI is InChI=1S/C20H21NO5/c1-20(2,14-5-8-16-17(12-14)26-10-9-25-16)19(24)21-15-6-3-13(4-7-15)11-18(22)23/h3-8,12H,9-11H2,1-2H3,(H,21,24)(H,22,23). The summed E-state index contributed by atoms with van der Waals surface area (Å²) >= 11 is 0. The Labute approximate surface area is 151 Å². The molecule has 0 aromatic heterocycles. The molecule has 0 unspecified atom stereocenters. The predicted octanol–water partition coefficient (Wildman–Crippen LogP) is 3.00. The van der Waals surface area contributed by atoms with Gasteiger partial charge in [0.1, 0.15) is 13.2 Å². The van der Waals surface area contributed by atoms with Gasteiger partial charge in [0.2, 0.25) is 5.91 Å². The number of hydrogen-bond donors (Lipinski definition) is 2. The Hall–Kier alpha value is -3.02. The number of anilines is 1. The molecule has 0 aliphatic carbocycles. The van der Waals surface area contributed by atoms with Gasteiger partial charge in [-0.15, -0.1) is 0 Å². The van der Waals surface area contributed by atoms with Crippen LogP contribution in [0.4, 0.5) is 5.69 Å². The molecule has 0 radical (unpaired) electrons. The zero-order chi connectivity index (χ0) is 18.7. The second-order valence-corrected chi connectivity index (χ2v) is 6.71. The van der Waals surface area contributed by atoms with Gasteiger partial charge in [0.15, 0.2) is 11.5 Å². The van der Waals surface area contributed by atoms with E-state index in [0.717, 1.165) is 5.56 Å². The first-order chi connectivity index (χ1) is 12.4.